The summed E-state index contributed by atoms with van der Waals surface area (Å²) in [7, 11) is 0. The van der Waals surface area contributed by atoms with Crippen LogP contribution in [-0.2, 0) is 0 Å². The molecular formula is C19H25NO. The van der Waals surface area contributed by atoms with Gasteiger partial charge in [0, 0.05) is 23.6 Å². The van der Waals surface area contributed by atoms with Crippen molar-refractivity contribution in [1.82, 2.24) is 5.32 Å². The van der Waals surface area contributed by atoms with Crippen LogP contribution >= 0.6 is 0 Å². The minimum Gasteiger partial charge on any atom is -0.493 e. The van der Waals surface area contributed by atoms with Gasteiger partial charge in [-0.1, -0.05) is 18.2 Å². The SMILES string of the molecule is c1ccc2c(c1)OCC2CNC12CC3CC(CC(C3)C1)C2. The molecule has 1 heterocycles. The Balaban J connectivity index is 1.31. The Morgan fingerprint density at radius 3 is 2.38 bits per heavy atom. The summed E-state index contributed by atoms with van der Waals surface area (Å²) >= 11 is 0. The molecular weight excluding hydrogens is 258 g/mol. The molecule has 4 bridgehead atoms. The minimum atomic E-state index is 0.478. The molecule has 0 aromatic heterocycles. The maximum Gasteiger partial charge on any atom is 0.122 e. The van der Waals surface area contributed by atoms with Crippen LogP contribution in [0.25, 0.3) is 0 Å². The lowest BCUT2D eigenvalue weighted by Crippen LogP contribution is -2.59. The second kappa shape index (κ2) is 4.49. The second-order valence-electron chi connectivity index (χ2n) is 8.12. The van der Waals surface area contributed by atoms with Crippen LogP contribution in [0.15, 0.2) is 24.3 Å². The van der Waals surface area contributed by atoms with Crippen LogP contribution in [0.1, 0.15) is 50.0 Å². The van der Waals surface area contributed by atoms with Crippen molar-refractivity contribution in [1.29, 1.82) is 0 Å². The zero-order chi connectivity index (χ0) is 13.9. The summed E-state index contributed by atoms with van der Waals surface area (Å²) in [5.41, 5.74) is 1.89. The van der Waals surface area contributed by atoms with E-state index in [4.69, 9.17) is 4.74 Å². The van der Waals surface area contributed by atoms with Crippen molar-refractivity contribution in [3.05, 3.63) is 29.8 Å². The highest BCUT2D eigenvalue weighted by Crippen LogP contribution is 2.55. The van der Waals surface area contributed by atoms with Crippen molar-refractivity contribution in [3.63, 3.8) is 0 Å². The summed E-state index contributed by atoms with van der Waals surface area (Å²) in [4.78, 5) is 0. The molecule has 0 spiro atoms. The average Bonchev–Trinajstić information content (AvgIpc) is 2.87. The van der Waals surface area contributed by atoms with Gasteiger partial charge >= 0.3 is 0 Å². The van der Waals surface area contributed by atoms with Gasteiger partial charge in [0.05, 0.1) is 6.61 Å². The maximum absolute atomic E-state index is 5.84. The molecule has 0 radical (unpaired) electrons. The van der Waals surface area contributed by atoms with Crippen LogP contribution < -0.4 is 10.1 Å². The molecule has 2 heteroatoms. The highest BCUT2D eigenvalue weighted by Gasteiger charge is 2.50. The van der Waals surface area contributed by atoms with Crippen LogP contribution in [0.4, 0.5) is 0 Å². The number of benzene rings is 1. The van der Waals surface area contributed by atoms with E-state index in [0.717, 1.165) is 36.7 Å². The lowest BCUT2D eigenvalue weighted by molar-refractivity contribution is -0.0203. The number of para-hydroxylation sites is 1. The molecule has 0 saturated heterocycles. The molecule has 1 aromatic carbocycles. The predicted molar refractivity (Wildman–Crippen MR) is 83.6 cm³/mol. The molecule has 4 fully saturated rings. The molecule has 1 atom stereocenters. The Bertz CT molecular complexity index is 517. The summed E-state index contributed by atoms with van der Waals surface area (Å²) in [6.07, 6.45) is 8.89. The van der Waals surface area contributed by atoms with Crippen LogP contribution in [-0.4, -0.2) is 18.7 Å². The summed E-state index contributed by atoms with van der Waals surface area (Å²) in [6, 6.07) is 8.58. The standard InChI is InChI=1S/C19H25NO/c1-2-4-18-17(3-1)16(12-21-18)11-20-19-8-13-5-14(9-19)7-15(6-13)10-19/h1-4,13-16,20H,5-12H2. The molecule has 0 amide bonds. The maximum atomic E-state index is 5.84. The van der Waals surface area contributed by atoms with Crippen LogP contribution in [0.3, 0.4) is 0 Å². The fourth-order valence-corrected chi connectivity index (χ4v) is 6.07. The Morgan fingerprint density at radius 1 is 1.00 bits per heavy atom. The van der Waals surface area contributed by atoms with Crippen molar-refractivity contribution in [3.8, 4) is 5.75 Å². The molecule has 1 unspecified atom stereocenters. The van der Waals surface area contributed by atoms with E-state index in [1.165, 1.54) is 44.1 Å². The Kier molecular flexibility index (Phi) is 2.67. The minimum absolute atomic E-state index is 0.478. The monoisotopic (exact) mass is 283 g/mol. The van der Waals surface area contributed by atoms with Gasteiger partial charge in [0.15, 0.2) is 0 Å². The first-order chi connectivity index (χ1) is 10.3. The Hall–Kier alpha value is -1.02. The van der Waals surface area contributed by atoms with E-state index in [1.54, 1.807) is 0 Å². The molecule has 1 aliphatic heterocycles. The second-order valence-corrected chi connectivity index (χ2v) is 8.12. The number of ether oxygens (including phenoxy) is 1. The molecule has 1 aromatic rings. The summed E-state index contributed by atoms with van der Waals surface area (Å²) in [5.74, 6) is 4.73. The van der Waals surface area contributed by atoms with Gasteiger partial charge < -0.3 is 10.1 Å². The van der Waals surface area contributed by atoms with Gasteiger partial charge in [-0.05, 0) is 62.3 Å². The average molecular weight is 283 g/mol. The first-order valence-corrected chi connectivity index (χ1v) is 8.76. The zero-order valence-corrected chi connectivity index (χ0v) is 12.7. The normalized spacial score (nSPS) is 42.9. The van der Waals surface area contributed by atoms with E-state index < -0.39 is 0 Å². The lowest BCUT2D eigenvalue weighted by atomic mass is 9.53. The fraction of sp³-hybridized carbons (Fsp3) is 0.684. The first kappa shape index (κ1) is 12.5. The molecule has 4 saturated carbocycles. The quantitative estimate of drug-likeness (QED) is 0.913. The fourth-order valence-electron chi connectivity index (χ4n) is 6.07. The lowest BCUT2D eigenvalue weighted by Gasteiger charge is -2.57. The van der Waals surface area contributed by atoms with Crippen LogP contribution in [0.5, 0.6) is 5.75 Å². The topological polar surface area (TPSA) is 21.3 Å². The van der Waals surface area contributed by atoms with E-state index >= 15 is 0 Å². The summed E-state index contributed by atoms with van der Waals surface area (Å²) in [6.45, 7) is 1.96. The van der Waals surface area contributed by atoms with Crippen molar-refractivity contribution in [2.75, 3.05) is 13.2 Å². The smallest absolute Gasteiger partial charge is 0.122 e. The number of nitrogens with one attached hydrogen (secondary N) is 1. The number of fused-ring (bicyclic) bond motifs is 1. The summed E-state index contributed by atoms with van der Waals surface area (Å²) in [5, 5.41) is 4.03. The van der Waals surface area contributed by atoms with Crippen molar-refractivity contribution >= 4 is 0 Å². The van der Waals surface area contributed by atoms with Gasteiger partial charge in [0.2, 0.25) is 0 Å². The number of rotatable bonds is 3. The molecule has 6 rings (SSSR count). The van der Waals surface area contributed by atoms with Gasteiger partial charge in [-0.3, -0.25) is 0 Å². The number of hydrogen-bond donors (Lipinski definition) is 1. The van der Waals surface area contributed by atoms with Gasteiger partial charge in [-0.2, -0.15) is 0 Å². The molecule has 4 aliphatic carbocycles. The predicted octanol–water partition coefficient (Wildman–Crippen LogP) is 3.72. The van der Waals surface area contributed by atoms with Crippen molar-refractivity contribution in [2.45, 2.75) is 50.0 Å². The van der Waals surface area contributed by atoms with Gasteiger partial charge in [0.25, 0.3) is 0 Å². The molecule has 2 nitrogen and oxygen atoms in total. The largest absolute Gasteiger partial charge is 0.493 e. The van der Waals surface area contributed by atoms with E-state index in [1.807, 2.05) is 0 Å². The van der Waals surface area contributed by atoms with Crippen molar-refractivity contribution in [2.24, 2.45) is 17.8 Å². The first-order valence-electron chi connectivity index (χ1n) is 8.76. The van der Waals surface area contributed by atoms with Crippen molar-refractivity contribution < 1.29 is 4.74 Å². The van der Waals surface area contributed by atoms with E-state index in [9.17, 15) is 0 Å². The van der Waals surface area contributed by atoms with Gasteiger partial charge in [-0.15, -0.1) is 0 Å². The third kappa shape index (κ3) is 2.03. The zero-order valence-electron chi connectivity index (χ0n) is 12.7. The highest BCUT2D eigenvalue weighted by atomic mass is 16.5. The van der Waals surface area contributed by atoms with E-state index in [2.05, 4.69) is 29.6 Å². The van der Waals surface area contributed by atoms with Crippen LogP contribution in [0, 0.1) is 17.8 Å². The summed E-state index contributed by atoms with van der Waals surface area (Å²) < 4.78 is 5.84. The molecule has 5 aliphatic rings. The Morgan fingerprint density at radius 2 is 1.67 bits per heavy atom. The third-order valence-corrected chi connectivity index (χ3v) is 6.56. The number of hydrogen-bond acceptors (Lipinski definition) is 2. The third-order valence-electron chi connectivity index (χ3n) is 6.56. The molecule has 112 valence electrons. The van der Waals surface area contributed by atoms with Gasteiger partial charge in [0.1, 0.15) is 5.75 Å². The van der Waals surface area contributed by atoms with E-state index in [0.29, 0.717) is 11.5 Å². The molecule has 21 heavy (non-hydrogen) atoms. The Labute approximate surface area is 127 Å². The molecule has 1 N–H and O–H groups in total. The highest BCUT2D eigenvalue weighted by molar-refractivity contribution is 5.39. The van der Waals surface area contributed by atoms with E-state index in [-0.39, 0.29) is 0 Å². The van der Waals surface area contributed by atoms with Crippen LogP contribution in [0.2, 0.25) is 0 Å². The van der Waals surface area contributed by atoms with Gasteiger partial charge in [-0.25, -0.2) is 0 Å².